The van der Waals surface area contributed by atoms with Crippen LogP contribution in [0.3, 0.4) is 0 Å². The molecule has 6 heteroatoms. The van der Waals surface area contributed by atoms with Crippen molar-refractivity contribution < 1.29 is 9.31 Å². The molecule has 92 valence electrons. The first-order valence-corrected chi connectivity index (χ1v) is 6.81. The maximum atomic E-state index is 5.89. The lowest BCUT2D eigenvalue weighted by atomic mass is 9.89. The molecule has 0 unspecified atom stereocenters. The van der Waals surface area contributed by atoms with Crippen LogP contribution in [0.2, 0.25) is 0 Å². The van der Waals surface area contributed by atoms with Crippen molar-refractivity contribution in [2.45, 2.75) is 43.9 Å². The average molecular weight is 252 g/mol. The molecule has 1 aromatic rings. The van der Waals surface area contributed by atoms with Gasteiger partial charge >= 0.3 is 7.12 Å². The molecule has 4 nitrogen and oxygen atoms in total. The Labute approximate surface area is 107 Å². The second-order valence-corrected chi connectivity index (χ2v) is 5.87. The van der Waals surface area contributed by atoms with Crippen molar-refractivity contribution in [1.82, 2.24) is 9.97 Å². The van der Waals surface area contributed by atoms with Gasteiger partial charge in [0.25, 0.3) is 0 Å². The molecule has 0 spiro atoms. The van der Waals surface area contributed by atoms with Crippen LogP contribution in [0.1, 0.15) is 27.7 Å². The second-order valence-electron chi connectivity index (χ2n) is 5.05. The van der Waals surface area contributed by atoms with Crippen LogP contribution in [-0.2, 0) is 9.31 Å². The minimum atomic E-state index is -0.480. The molecule has 0 radical (unpaired) electrons. The summed E-state index contributed by atoms with van der Waals surface area (Å²) in [5, 5.41) is 0.921. The largest absolute Gasteiger partial charge is 0.534 e. The second kappa shape index (κ2) is 4.26. The fourth-order valence-corrected chi connectivity index (χ4v) is 1.91. The number of rotatable bonds is 2. The van der Waals surface area contributed by atoms with Crippen LogP contribution in [0.5, 0.6) is 0 Å². The zero-order chi connectivity index (χ0) is 12.7. The van der Waals surface area contributed by atoms with E-state index in [-0.39, 0.29) is 11.2 Å². The summed E-state index contributed by atoms with van der Waals surface area (Å²) in [6.07, 6.45) is 3.72. The first kappa shape index (κ1) is 12.9. The zero-order valence-electron chi connectivity index (χ0n) is 10.9. The van der Waals surface area contributed by atoms with Gasteiger partial charge in [0, 0.05) is 6.20 Å². The first-order chi connectivity index (χ1) is 7.86. The summed E-state index contributed by atoms with van der Waals surface area (Å²) >= 11 is 1.58. The SMILES string of the molecule is CSc1ccnc(B2OC(C)(C)C(C)(C)O2)n1. The van der Waals surface area contributed by atoms with Crippen LogP contribution in [0.4, 0.5) is 0 Å². The van der Waals surface area contributed by atoms with Gasteiger partial charge in [-0.15, -0.1) is 11.8 Å². The highest BCUT2D eigenvalue weighted by atomic mass is 32.2. The molecule has 0 amide bonds. The number of hydrogen-bond donors (Lipinski definition) is 0. The molecule has 2 rings (SSSR count). The Hall–Kier alpha value is -0.585. The Kier molecular flexibility index (Phi) is 3.22. The Balaban J connectivity index is 2.25. The zero-order valence-corrected chi connectivity index (χ0v) is 11.7. The van der Waals surface area contributed by atoms with Gasteiger partial charge in [0.1, 0.15) is 0 Å². The van der Waals surface area contributed by atoms with Gasteiger partial charge < -0.3 is 9.31 Å². The van der Waals surface area contributed by atoms with Crippen LogP contribution in [0.25, 0.3) is 0 Å². The number of hydrogen-bond acceptors (Lipinski definition) is 5. The summed E-state index contributed by atoms with van der Waals surface area (Å²) in [5.41, 5.74) is -0.109. The topological polar surface area (TPSA) is 44.2 Å². The predicted molar refractivity (Wildman–Crippen MR) is 69.5 cm³/mol. The molecular formula is C11H17BN2O2S. The van der Waals surface area contributed by atoms with E-state index in [0.29, 0.717) is 5.72 Å². The third kappa shape index (κ3) is 2.34. The molecule has 0 saturated carbocycles. The lowest BCUT2D eigenvalue weighted by Crippen LogP contribution is -2.41. The molecular weight excluding hydrogens is 235 g/mol. The highest BCUT2D eigenvalue weighted by Gasteiger charge is 2.53. The van der Waals surface area contributed by atoms with Crippen LogP contribution >= 0.6 is 11.8 Å². The lowest BCUT2D eigenvalue weighted by Gasteiger charge is -2.32. The molecule has 17 heavy (non-hydrogen) atoms. The molecule has 1 aromatic heterocycles. The Morgan fingerprint density at radius 2 is 1.76 bits per heavy atom. The van der Waals surface area contributed by atoms with Gasteiger partial charge in [-0.2, -0.15) is 0 Å². The van der Waals surface area contributed by atoms with Gasteiger partial charge in [-0.1, -0.05) is 0 Å². The quantitative estimate of drug-likeness (QED) is 0.453. The van der Waals surface area contributed by atoms with Gasteiger partial charge in [-0.25, -0.2) is 9.97 Å². The predicted octanol–water partition coefficient (Wildman–Crippen LogP) is 1.50. The summed E-state index contributed by atoms with van der Waals surface area (Å²) in [4.78, 5) is 8.63. The van der Waals surface area contributed by atoms with E-state index in [9.17, 15) is 0 Å². The maximum absolute atomic E-state index is 5.89. The van der Waals surface area contributed by atoms with Gasteiger partial charge in [0.15, 0.2) is 5.72 Å². The molecule has 1 aliphatic rings. The summed E-state index contributed by atoms with van der Waals surface area (Å²) < 4.78 is 11.8. The smallest absolute Gasteiger partial charge is 0.397 e. The highest BCUT2D eigenvalue weighted by molar-refractivity contribution is 7.98. The van der Waals surface area contributed by atoms with E-state index in [4.69, 9.17) is 9.31 Å². The summed E-state index contributed by atoms with van der Waals surface area (Å²) in [6.45, 7) is 8.08. The fourth-order valence-electron chi connectivity index (χ4n) is 1.53. The summed E-state index contributed by atoms with van der Waals surface area (Å²) in [6, 6.07) is 1.87. The van der Waals surface area contributed by atoms with Gasteiger partial charge in [-0.05, 0) is 40.0 Å². The molecule has 0 aromatic carbocycles. The fraction of sp³-hybridized carbons (Fsp3) is 0.636. The summed E-state index contributed by atoms with van der Waals surface area (Å²) in [7, 11) is -0.480. The van der Waals surface area contributed by atoms with Gasteiger partial charge in [0.2, 0.25) is 0 Å². The Bertz CT molecular complexity index is 410. The van der Waals surface area contributed by atoms with Crippen molar-refractivity contribution in [1.29, 1.82) is 0 Å². The lowest BCUT2D eigenvalue weighted by molar-refractivity contribution is 0.00578. The minimum absolute atomic E-state index is 0.351. The van der Waals surface area contributed by atoms with E-state index >= 15 is 0 Å². The van der Waals surface area contributed by atoms with Crippen molar-refractivity contribution in [2.75, 3.05) is 6.26 Å². The van der Waals surface area contributed by atoms with Crippen LogP contribution in [0, 0.1) is 0 Å². The van der Waals surface area contributed by atoms with E-state index in [0.717, 1.165) is 5.03 Å². The number of aromatic nitrogens is 2. The Morgan fingerprint density at radius 3 is 2.29 bits per heavy atom. The maximum Gasteiger partial charge on any atom is 0.534 e. The van der Waals surface area contributed by atoms with Crippen molar-refractivity contribution in [2.24, 2.45) is 0 Å². The minimum Gasteiger partial charge on any atom is -0.397 e. The highest BCUT2D eigenvalue weighted by Crippen LogP contribution is 2.36. The van der Waals surface area contributed by atoms with Gasteiger partial charge in [0.05, 0.1) is 16.2 Å². The van der Waals surface area contributed by atoms with E-state index in [1.54, 1.807) is 18.0 Å². The summed E-state index contributed by atoms with van der Waals surface area (Å²) in [5.74, 6) is 0. The van der Waals surface area contributed by atoms with Crippen molar-refractivity contribution >= 4 is 24.6 Å². The van der Waals surface area contributed by atoms with Crippen LogP contribution in [0.15, 0.2) is 17.3 Å². The molecule has 0 atom stereocenters. The first-order valence-electron chi connectivity index (χ1n) is 5.58. The molecule has 0 N–H and O–H groups in total. The van der Waals surface area contributed by atoms with Crippen LogP contribution in [-0.4, -0.2) is 34.5 Å². The molecule has 0 bridgehead atoms. The number of thioether (sulfide) groups is 1. The molecule has 1 saturated heterocycles. The van der Waals surface area contributed by atoms with Gasteiger partial charge in [-0.3, -0.25) is 0 Å². The van der Waals surface area contributed by atoms with Crippen molar-refractivity contribution in [3.8, 4) is 0 Å². The average Bonchev–Trinajstić information content (AvgIpc) is 2.48. The molecule has 1 aliphatic heterocycles. The van der Waals surface area contributed by atoms with E-state index in [2.05, 4.69) is 9.97 Å². The molecule has 1 fully saturated rings. The number of nitrogens with zero attached hydrogens (tertiary/aromatic N) is 2. The van der Waals surface area contributed by atoms with Crippen molar-refractivity contribution in [3.63, 3.8) is 0 Å². The van der Waals surface area contributed by atoms with E-state index in [1.807, 2.05) is 40.0 Å². The third-order valence-corrected chi connectivity index (χ3v) is 3.97. The van der Waals surface area contributed by atoms with E-state index in [1.165, 1.54) is 0 Å². The standard InChI is InChI=1S/C11H17BN2O2S/c1-10(2)11(3,4)16-12(15-10)9-13-7-6-8(14-9)17-5/h6-7H,1-5H3. The van der Waals surface area contributed by atoms with E-state index < -0.39 is 7.12 Å². The molecule has 0 aliphatic carbocycles. The third-order valence-electron chi connectivity index (χ3n) is 3.32. The normalized spacial score (nSPS) is 21.8. The van der Waals surface area contributed by atoms with Crippen molar-refractivity contribution in [3.05, 3.63) is 12.3 Å². The monoisotopic (exact) mass is 252 g/mol. The Morgan fingerprint density at radius 1 is 1.18 bits per heavy atom. The van der Waals surface area contributed by atoms with Crippen LogP contribution < -0.4 is 5.72 Å². The molecule has 2 heterocycles.